The summed E-state index contributed by atoms with van der Waals surface area (Å²) in [6.07, 6.45) is 0. The number of anilines is 1. The average molecular weight is 232 g/mol. The molecule has 0 spiro atoms. The molecule has 0 bridgehead atoms. The van der Waals surface area contributed by atoms with Crippen LogP contribution in [0.15, 0.2) is 16.9 Å². The molecule has 7 nitrogen and oxygen atoms in total. The lowest BCUT2D eigenvalue weighted by Crippen LogP contribution is -2.27. The van der Waals surface area contributed by atoms with Crippen LogP contribution in [0, 0.1) is 0 Å². The van der Waals surface area contributed by atoms with Crippen molar-refractivity contribution in [3.63, 3.8) is 0 Å². The Morgan fingerprint density at radius 2 is 1.82 bits per heavy atom. The highest BCUT2D eigenvalue weighted by Crippen LogP contribution is 2.34. The number of amides is 2. The molecule has 1 aliphatic heterocycles. The maximum absolute atomic E-state index is 11.5. The summed E-state index contributed by atoms with van der Waals surface area (Å²) in [5.41, 5.74) is 6.93. The summed E-state index contributed by atoms with van der Waals surface area (Å²) >= 11 is 0. The zero-order valence-corrected chi connectivity index (χ0v) is 8.53. The lowest BCUT2D eigenvalue weighted by atomic mass is 10.00. The van der Waals surface area contributed by atoms with Crippen LogP contribution in [-0.4, -0.2) is 21.8 Å². The summed E-state index contributed by atoms with van der Waals surface area (Å²) in [7, 11) is 0. The number of H-pyrrole nitrogens is 2. The van der Waals surface area contributed by atoms with E-state index in [4.69, 9.17) is 5.73 Å². The molecule has 17 heavy (non-hydrogen) atoms. The molecular weight excluding hydrogens is 224 g/mol. The third-order valence-corrected chi connectivity index (χ3v) is 2.80. The van der Waals surface area contributed by atoms with E-state index in [9.17, 15) is 14.4 Å². The Hall–Kier alpha value is -2.57. The van der Waals surface area contributed by atoms with E-state index in [1.807, 2.05) is 0 Å². The number of primary amides is 1. The molecule has 2 aromatic rings. The maximum Gasteiger partial charge on any atom is 0.323 e. The van der Waals surface area contributed by atoms with E-state index in [2.05, 4.69) is 15.3 Å². The fraction of sp³-hybridized carbons (Fsp3) is 0.100. The van der Waals surface area contributed by atoms with Crippen molar-refractivity contribution in [2.45, 2.75) is 5.92 Å². The predicted molar refractivity (Wildman–Crippen MR) is 59.5 cm³/mol. The van der Waals surface area contributed by atoms with Crippen LogP contribution in [-0.2, 0) is 9.59 Å². The second-order valence-corrected chi connectivity index (χ2v) is 3.89. The van der Waals surface area contributed by atoms with Gasteiger partial charge in [-0.05, 0) is 17.7 Å². The smallest absolute Gasteiger partial charge is 0.323 e. The molecule has 0 saturated heterocycles. The number of fused-ring (bicyclic) bond motifs is 2. The Kier molecular flexibility index (Phi) is 1.68. The molecule has 0 fully saturated rings. The van der Waals surface area contributed by atoms with Gasteiger partial charge in [0.15, 0.2) is 0 Å². The summed E-state index contributed by atoms with van der Waals surface area (Å²) in [4.78, 5) is 39.0. The third kappa shape index (κ3) is 1.25. The molecule has 1 atom stereocenters. The molecule has 0 saturated carbocycles. The molecule has 86 valence electrons. The largest absolute Gasteiger partial charge is 0.369 e. The van der Waals surface area contributed by atoms with Crippen molar-refractivity contribution >= 4 is 28.5 Å². The first kappa shape index (κ1) is 9.64. The maximum atomic E-state index is 11.5. The Morgan fingerprint density at radius 1 is 1.18 bits per heavy atom. The average Bonchev–Trinajstić information content (AvgIpc) is 2.70. The van der Waals surface area contributed by atoms with Gasteiger partial charge in [0.05, 0.1) is 11.0 Å². The number of rotatable bonds is 1. The standard InChI is InChI=1S/C10H8N4O3/c11-8(15)7-3-1-5-6(14-10(17)13-5)2-4(3)12-9(7)16/h1-2,7H,(H2,11,15)(H,12,16)(H2,13,14,17). The number of nitrogens with one attached hydrogen (secondary N) is 3. The fourth-order valence-corrected chi connectivity index (χ4v) is 2.07. The zero-order chi connectivity index (χ0) is 12.2. The van der Waals surface area contributed by atoms with Gasteiger partial charge in [0.25, 0.3) is 0 Å². The van der Waals surface area contributed by atoms with E-state index in [1.54, 1.807) is 12.1 Å². The number of carbonyl (C=O) groups is 2. The van der Waals surface area contributed by atoms with Gasteiger partial charge in [0.1, 0.15) is 5.92 Å². The highest BCUT2D eigenvalue weighted by molar-refractivity contribution is 6.16. The highest BCUT2D eigenvalue weighted by atomic mass is 16.2. The van der Waals surface area contributed by atoms with Gasteiger partial charge in [-0.1, -0.05) is 0 Å². The molecule has 2 heterocycles. The van der Waals surface area contributed by atoms with Gasteiger partial charge in [-0.3, -0.25) is 9.59 Å². The molecule has 1 aromatic heterocycles. The molecule has 1 aromatic carbocycles. The second kappa shape index (κ2) is 2.97. The topological polar surface area (TPSA) is 121 Å². The summed E-state index contributed by atoms with van der Waals surface area (Å²) in [6, 6.07) is 3.18. The summed E-state index contributed by atoms with van der Waals surface area (Å²) in [5.74, 6) is -2.14. The quantitative estimate of drug-likeness (QED) is 0.490. The van der Waals surface area contributed by atoms with E-state index in [0.717, 1.165) is 0 Å². The Balaban J connectivity index is 2.29. The van der Waals surface area contributed by atoms with Crippen LogP contribution < -0.4 is 16.7 Å². The van der Waals surface area contributed by atoms with E-state index in [-0.39, 0.29) is 5.69 Å². The molecule has 5 N–H and O–H groups in total. The minimum absolute atomic E-state index is 0.342. The first-order valence-electron chi connectivity index (χ1n) is 4.92. The third-order valence-electron chi connectivity index (χ3n) is 2.80. The number of hydrogen-bond donors (Lipinski definition) is 4. The molecular formula is C10H8N4O3. The first-order chi connectivity index (χ1) is 8.06. The van der Waals surface area contributed by atoms with Crippen LogP contribution in [0.5, 0.6) is 0 Å². The monoisotopic (exact) mass is 232 g/mol. The number of carbonyl (C=O) groups excluding carboxylic acids is 2. The van der Waals surface area contributed by atoms with Gasteiger partial charge in [-0.15, -0.1) is 0 Å². The summed E-state index contributed by atoms with van der Waals surface area (Å²) in [5, 5.41) is 2.55. The summed E-state index contributed by atoms with van der Waals surface area (Å²) in [6.45, 7) is 0. The Labute approximate surface area is 94.0 Å². The molecule has 1 unspecified atom stereocenters. The highest BCUT2D eigenvalue weighted by Gasteiger charge is 2.35. The van der Waals surface area contributed by atoms with Crippen molar-refractivity contribution in [1.82, 2.24) is 9.97 Å². The van der Waals surface area contributed by atoms with Crippen LogP contribution in [0.2, 0.25) is 0 Å². The van der Waals surface area contributed by atoms with Gasteiger partial charge in [0, 0.05) is 5.69 Å². The van der Waals surface area contributed by atoms with E-state index >= 15 is 0 Å². The Morgan fingerprint density at radius 3 is 2.47 bits per heavy atom. The van der Waals surface area contributed by atoms with Gasteiger partial charge >= 0.3 is 5.69 Å². The van der Waals surface area contributed by atoms with E-state index < -0.39 is 17.7 Å². The van der Waals surface area contributed by atoms with Crippen LogP contribution in [0.1, 0.15) is 11.5 Å². The second-order valence-electron chi connectivity index (χ2n) is 3.89. The minimum Gasteiger partial charge on any atom is -0.369 e. The van der Waals surface area contributed by atoms with Crippen molar-refractivity contribution in [2.24, 2.45) is 5.73 Å². The normalized spacial score (nSPS) is 18.1. The number of aromatic nitrogens is 2. The number of hydrogen-bond acceptors (Lipinski definition) is 3. The zero-order valence-electron chi connectivity index (χ0n) is 8.53. The van der Waals surface area contributed by atoms with Crippen LogP contribution in [0.25, 0.3) is 11.0 Å². The lowest BCUT2D eigenvalue weighted by molar-refractivity contribution is -0.126. The lowest BCUT2D eigenvalue weighted by Gasteiger charge is -2.02. The number of aromatic amines is 2. The SMILES string of the molecule is NC(=O)C1C(=O)Nc2cc3[nH]c(=O)[nH]c3cc21. The van der Waals surface area contributed by atoms with Gasteiger partial charge in [0.2, 0.25) is 11.8 Å². The van der Waals surface area contributed by atoms with Gasteiger partial charge in [-0.25, -0.2) is 4.79 Å². The number of benzene rings is 1. The molecule has 0 radical (unpaired) electrons. The van der Waals surface area contributed by atoms with Crippen LogP contribution in [0.3, 0.4) is 0 Å². The predicted octanol–water partition coefficient (Wildman–Crippen LogP) is -0.623. The van der Waals surface area contributed by atoms with E-state index in [1.165, 1.54) is 0 Å². The number of imidazole rings is 1. The fourth-order valence-electron chi connectivity index (χ4n) is 2.07. The van der Waals surface area contributed by atoms with Crippen molar-refractivity contribution in [1.29, 1.82) is 0 Å². The summed E-state index contributed by atoms with van der Waals surface area (Å²) < 4.78 is 0. The van der Waals surface area contributed by atoms with Crippen molar-refractivity contribution < 1.29 is 9.59 Å². The molecule has 1 aliphatic rings. The van der Waals surface area contributed by atoms with Crippen molar-refractivity contribution in [2.75, 3.05) is 5.32 Å². The van der Waals surface area contributed by atoms with Crippen LogP contribution in [0.4, 0.5) is 5.69 Å². The van der Waals surface area contributed by atoms with Crippen molar-refractivity contribution in [3.8, 4) is 0 Å². The molecule has 3 rings (SSSR count). The van der Waals surface area contributed by atoms with Crippen LogP contribution >= 0.6 is 0 Å². The van der Waals surface area contributed by atoms with Gasteiger partial charge in [-0.2, -0.15) is 0 Å². The molecule has 7 heteroatoms. The molecule has 0 aliphatic carbocycles. The Bertz CT molecular complexity index is 712. The first-order valence-corrected chi connectivity index (χ1v) is 4.92. The van der Waals surface area contributed by atoms with Crippen molar-refractivity contribution in [3.05, 3.63) is 28.2 Å². The number of nitrogens with two attached hydrogens (primary N) is 1. The van der Waals surface area contributed by atoms with E-state index in [0.29, 0.717) is 22.3 Å². The minimum atomic E-state index is -0.993. The van der Waals surface area contributed by atoms with Gasteiger partial charge < -0.3 is 21.0 Å². The molecule has 2 amide bonds.